The Kier molecular flexibility index (Phi) is 2.54. The highest BCUT2D eigenvalue weighted by molar-refractivity contribution is 5.42. The molecule has 0 bridgehead atoms. The minimum absolute atomic E-state index is 0.181. The molecule has 0 radical (unpaired) electrons. The summed E-state index contributed by atoms with van der Waals surface area (Å²) in [5.74, 6) is 0.237. The SMILES string of the molecule is COC[C@@H]1COc2cccc(F)c2O1. The third-order valence-electron chi connectivity index (χ3n) is 1.99. The Hall–Kier alpha value is -1.29. The first-order valence-corrected chi connectivity index (χ1v) is 4.38. The van der Waals surface area contributed by atoms with Crippen molar-refractivity contribution in [1.29, 1.82) is 0 Å². The molecule has 0 aromatic heterocycles. The number of rotatable bonds is 2. The Bertz CT molecular complexity index is 327. The van der Waals surface area contributed by atoms with E-state index >= 15 is 0 Å². The summed E-state index contributed by atoms with van der Waals surface area (Å²) in [4.78, 5) is 0. The summed E-state index contributed by atoms with van der Waals surface area (Å²) in [6.07, 6.45) is -0.232. The summed E-state index contributed by atoms with van der Waals surface area (Å²) < 4.78 is 28.9. The predicted octanol–water partition coefficient (Wildman–Crippen LogP) is 1.61. The molecule has 0 N–H and O–H groups in total. The van der Waals surface area contributed by atoms with Gasteiger partial charge in [-0.2, -0.15) is 0 Å². The topological polar surface area (TPSA) is 27.7 Å². The highest BCUT2D eigenvalue weighted by Crippen LogP contribution is 2.33. The van der Waals surface area contributed by atoms with Gasteiger partial charge >= 0.3 is 0 Å². The third kappa shape index (κ3) is 1.65. The molecule has 2 rings (SSSR count). The molecule has 3 nitrogen and oxygen atoms in total. The van der Waals surface area contributed by atoms with E-state index in [1.165, 1.54) is 6.07 Å². The van der Waals surface area contributed by atoms with Gasteiger partial charge in [-0.05, 0) is 12.1 Å². The molecule has 76 valence electrons. The van der Waals surface area contributed by atoms with Gasteiger partial charge in [0.2, 0.25) is 0 Å². The monoisotopic (exact) mass is 198 g/mol. The van der Waals surface area contributed by atoms with Crippen LogP contribution in [-0.4, -0.2) is 26.4 Å². The van der Waals surface area contributed by atoms with E-state index in [0.717, 1.165) is 0 Å². The molecular formula is C10H11FO3. The zero-order valence-corrected chi connectivity index (χ0v) is 7.83. The number of halogens is 1. The van der Waals surface area contributed by atoms with Crippen LogP contribution in [0.2, 0.25) is 0 Å². The van der Waals surface area contributed by atoms with Crippen LogP contribution in [0.1, 0.15) is 0 Å². The summed E-state index contributed by atoms with van der Waals surface area (Å²) >= 11 is 0. The fraction of sp³-hybridized carbons (Fsp3) is 0.400. The molecule has 1 aliphatic heterocycles. The largest absolute Gasteiger partial charge is 0.486 e. The quantitative estimate of drug-likeness (QED) is 0.722. The first-order valence-electron chi connectivity index (χ1n) is 4.38. The number of hydrogen-bond donors (Lipinski definition) is 0. The second-order valence-corrected chi connectivity index (χ2v) is 3.07. The van der Waals surface area contributed by atoms with E-state index in [1.54, 1.807) is 19.2 Å². The van der Waals surface area contributed by atoms with Crippen molar-refractivity contribution in [3.05, 3.63) is 24.0 Å². The van der Waals surface area contributed by atoms with Crippen molar-refractivity contribution in [1.82, 2.24) is 0 Å². The average Bonchev–Trinajstić information content (AvgIpc) is 2.20. The van der Waals surface area contributed by atoms with Crippen LogP contribution in [-0.2, 0) is 4.74 Å². The Morgan fingerprint density at radius 2 is 2.43 bits per heavy atom. The molecule has 0 saturated carbocycles. The lowest BCUT2D eigenvalue weighted by atomic mass is 10.2. The Balaban J connectivity index is 2.20. The maximum atomic E-state index is 13.2. The Labute approximate surface area is 81.4 Å². The Morgan fingerprint density at radius 3 is 3.21 bits per heavy atom. The van der Waals surface area contributed by atoms with E-state index in [2.05, 4.69) is 0 Å². The maximum absolute atomic E-state index is 13.2. The molecule has 0 spiro atoms. The van der Waals surface area contributed by atoms with Gasteiger partial charge in [-0.25, -0.2) is 4.39 Å². The third-order valence-corrected chi connectivity index (χ3v) is 1.99. The van der Waals surface area contributed by atoms with Crippen LogP contribution in [0.4, 0.5) is 4.39 Å². The van der Waals surface area contributed by atoms with Crippen LogP contribution in [0.5, 0.6) is 11.5 Å². The molecule has 1 aliphatic rings. The van der Waals surface area contributed by atoms with E-state index in [9.17, 15) is 4.39 Å². The van der Waals surface area contributed by atoms with Gasteiger partial charge in [-0.3, -0.25) is 0 Å². The normalized spacial score (nSPS) is 19.4. The molecule has 1 heterocycles. The standard InChI is InChI=1S/C10H11FO3/c1-12-5-7-6-13-9-4-2-3-8(11)10(9)14-7/h2-4,7H,5-6H2,1H3/t7-/m1/s1. The van der Waals surface area contributed by atoms with E-state index in [4.69, 9.17) is 14.2 Å². The second kappa shape index (κ2) is 3.84. The number of methoxy groups -OCH3 is 1. The Morgan fingerprint density at radius 1 is 1.57 bits per heavy atom. The van der Waals surface area contributed by atoms with E-state index < -0.39 is 5.82 Å². The highest BCUT2D eigenvalue weighted by Gasteiger charge is 2.23. The van der Waals surface area contributed by atoms with Gasteiger partial charge in [0.1, 0.15) is 6.61 Å². The molecular weight excluding hydrogens is 187 g/mol. The van der Waals surface area contributed by atoms with E-state index in [0.29, 0.717) is 19.0 Å². The molecule has 0 aliphatic carbocycles. The van der Waals surface area contributed by atoms with Crippen LogP contribution in [0.15, 0.2) is 18.2 Å². The van der Waals surface area contributed by atoms with Crippen LogP contribution >= 0.6 is 0 Å². The summed E-state index contributed by atoms with van der Waals surface area (Å²) in [5.41, 5.74) is 0. The van der Waals surface area contributed by atoms with Crippen molar-refractivity contribution in [2.75, 3.05) is 20.3 Å². The van der Waals surface area contributed by atoms with Gasteiger partial charge < -0.3 is 14.2 Å². The van der Waals surface area contributed by atoms with Gasteiger partial charge in [0.15, 0.2) is 23.4 Å². The lowest BCUT2D eigenvalue weighted by Crippen LogP contribution is -2.33. The zero-order valence-electron chi connectivity index (χ0n) is 7.83. The maximum Gasteiger partial charge on any atom is 0.197 e. The predicted molar refractivity (Wildman–Crippen MR) is 48.2 cm³/mol. The number of benzene rings is 1. The van der Waals surface area contributed by atoms with Gasteiger partial charge in [0.05, 0.1) is 6.61 Å². The van der Waals surface area contributed by atoms with Gasteiger partial charge in [-0.15, -0.1) is 0 Å². The highest BCUT2D eigenvalue weighted by atomic mass is 19.1. The van der Waals surface area contributed by atoms with Crippen molar-refractivity contribution in [3.63, 3.8) is 0 Å². The van der Waals surface area contributed by atoms with E-state index in [-0.39, 0.29) is 11.9 Å². The number of ether oxygens (including phenoxy) is 3. The summed E-state index contributed by atoms with van der Waals surface area (Å²) in [7, 11) is 1.57. The first-order chi connectivity index (χ1) is 6.81. The molecule has 14 heavy (non-hydrogen) atoms. The van der Waals surface area contributed by atoms with Crippen molar-refractivity contribution < 1.29 is 18.6 Å². The molecule has 1 atom stereocenters. The smallest absolute Gasteiger partial charge is 0.197 e. The number of para-hydroxylation sites is 1. The molecule has 0 unspecified atom stereocenters. The van der Waals surface area contributed by atoms with Gasteiger partial charge in [-0.1, -0.05) is 6.07 Å². The zero-order chi connectivity index (χ0) is 9.97. The summed E-state index contributed by atoms with van der Waals surface area (Å²) in [6.45, 7) is 0.790. The van der Waals surface area contributed by atoms with Crippen LogP contribution in [0, 0.1) is 5.82 Å². The molecule has 1 aromatic rings. The van der Waals surface area contributed by atoms with Crippen LogP contribution in [0.3, 0.4) is 0 Å². The van der Waals surface area contributed by atoms with Crippen molar-refractivity contribution in [2.24, 2.45) is 0 Å². The average molecular weight is 198 g/mol. The molecule has 1 aromatic carbocycles. The van der Waals surface area contributed by atoms with Crippen molar-refractivity contribution >= 4 is 0 Å². The minimum atomic E-state index is -0.400. The van der Waals surface area contributed by atoms with Crippen molar-refractivity contribution in [2.45, 2.75) is 6.10 Å². The van der Waals surface area contributed by atoms with E-state index in [1.807, 2.05) is 0 Å². The molecule has 0 saturated heterocycles. The van der Waals surface area contributed by atoms with Gasteiger partial charge in [0, 0.05) is 7.11 Å². The second-order valence-electron chi connectivity index (χ2n) is 3.07. The summed E-state index contributed by atoms with van der Waals surface area (Å²) in [5, 5.41) is 0. The number of hydrogen-bond acceptors (Lipinski definition) is 3. The lowest BCUT2D eigenvalue weighted by molar-refractivity contribution is 0.0241. The summed E-state index contributed by atoms with van der Waals surface area (Å²) in [6, 6.07) is 4.62. The number of fused-ring (bicyclic) bond motifs is 1. The minimum Gasteiger partial charge on any atom is -0.486 e. The van der Waals surface area contributed by atoms with Crippen LogP contribution < -0.4 is 9.47 Å². The fourth-order valence-electron chi connectivity index (χ4n) is 1.37. The lowest BCUT2D eigenvalue weighted by Gasteiger charge is -2.25. The molecule has 0 fully saturated rings. The first kappa shape index (κ1) is 9.27. The fourth-order valence-corrected chi connectivity index (χ4v) is 1.37. The van der Waals surface area contributed by atoms with Gasteiger partial charge in [0.25, 0.3) is 0 Å². The van der Waals surface area contributed by atoms with Crippen molar-refractivity contribution in [3.8, 4) is 11.5 Å². The van der Waals surface area contributed by atoms with Crippen LogP contribution in [0.25, 0.3) is 0 Å². The molecule has 4 heteroatoms. The molecule has 0 amide bonds.